The lowest BCUT2D eigenvalue weighted by atomic mass is 10.1. The summed E-state index contributed by atoms with van der Waals surface area (Å²) in [6.07, 6.45) is 3.54. The van der Waals surface area contributed by atoms with Gasteiger partial charge >= 0.3 is 0 Å². The van der Waals surface area contributed by atoms with Gasteiger partial charge in [0.25, 0.3) is 5.56 Å². The predicted octanol–water partition coefficient (Wildman–Crippen LogP) is 4.85. The topological polar surface area (TPSA) is 59.8 Å². The number of hydrogen-bond acceptors (Lipinski definition) is 4. The minimum absolute atomic E-state index is 0.0774. The molecule has 0 radical (unpaired) electrons. The van der Waals surface area contributed by atoms with Crippen molar-refractivity contribution in [2.24, 2.45) is 0 Å². The number of pyridine rings is 3. The van der Waals surface area contributed by atoms with E-state index in [0.29, 0.717) is 17.7 Å². The Balaban J connectivity index is 1.60. The maximum absolute atomic E-state index is 13.5. The Morgan fingerprint density at radius 1 is 0.900 bits per heavy atom. The third-order valence-electron chi connectivity index (χ3n) is 5.32. The molecule has 0 aliphatic rings. The van der Waals surface area contributed by atoms with Crippen molar-refractivity contribution in [3.63, 3.8) is 0 Å². The monoisotopic (exact) mass is 392 g/mol. The van der Waals surface area contributed by atoms with E-state index in [9.17, 15) is 4.79 Å². The van der Waals surface area contributed by atoms with E-state index in [0.717, 1.165) is 33.2 Å². The lowest BCUT2D eigenvalue weighted by Gasteiger charge is -2.14. The molecule has 1 N–H and O–H groups in total. The van der Waals surface area contributed by atoms with Gasteiger partial charge in [-0.3, -0.25) is 14.3 Å². The minimum Gasteiger partial charge on any atom is -0.365 e. The number of rotatable bonds is 4. The molecule has 0 fully saturated rings. The summed E-state index contributed by atoms with van der Waals surface area (Å²) in [6.45, 7) is 2.50. The zero-order valence-electron chi connectivity index (χ0n) is 16.5. The number of fused-ring (bicyclic) bond motifs is 2. The van der Waals surface area contributed by atoms with E-state index in [-0.39, 0.29) is 5.56 Å². The molecular weight excluding hydrogens is 372 g/mol. The maximum Gasteiger partial charge on any atom is 0.266 e. The minimum atomic E-state index is -0.0774. The Bertz CT molecular complexity index is 1420. The Labute approximate surface area is 173 Å². The molecule has 0 bridgehead atoms. The van der Waals surface area contributed by atoms with E-state index in [4.69, 9.17) is 0 Å². The normalized spacial score (nSPS) is 11.1. The van der Waals surface area contributed by atoms with Gasteiger partial charge in [-0.25, -0.2) is 4.98 Å². The molecule has 0 unspecified atom stereocenters. The van der Waals surface area contributed by atoms with E-state index >= 15 is 0 Å². The molecule has 5 nitrogen and oxygen atoms in total. The van der Waals surface area contributed by atoms with Crippen LogP contribution in [0.2, 0.25) is 0 Å². The molecule has 0 aliphatic carbocycles. The number of para-hydroxylation sites is 2. The summed E-state index contributed by atoms with van der Waals surface area (Å²) in [5.74, 6) is 0.586. The van der Waals surface area contributed by atoms with Crippen molar-refractivity contribution in [2.45, 2.75) is 13.5 Å². The average Bonchev–Trinajstić information content (AvgIpc) is 2.78. The van der Waals surface area contributed by atoms with Gasteiger partial charge in [0.15, 0.2) is 0 Å². The Morgan fingerprint density at radius 2 is 1.67 bits per heavy atom. The van der Waals surface area contributed by atoms with Gasteiger partial charge in [-0.1, -0.05) is 36.4 Å². The summed E-state index contributed by atoms with van der Waals surface area (Å²) in [7, 11) is 0. The maximum atomic E-state index is 13.5. The van der Waals surface area contributed by atoms with Crippen LogP contribution in [0.5, 0.6) is 0 Å². The first-order valence-corrected chi connectivity index (χ1v) is 9.86. The van der Waals surface area contributed by atoms with Crippen LogP contribution in [0.3, 0.4) is 0 Å². The number of nitrogens with one attached hydrogen (secondary N) is 1. The Kier molecular flexibility index (Phi) is 4.48. The zero-order valence-corrected chi connectivity index (χ0v) is 16.5. The number of aryl methyl sites for hydroxylation is 1. The van der Waals surface area contributed by atoms with Crippen molar-refractivity contribution in [2.75, 3.05) is 5.32 Å². The van der Waals surface area contributed by atoms with Crippen molar-refractivity contribution in [3.8, 4) is 5.69 Å². The van der Waals surface area contributed by atoms with Gasteiger partial charge in [0.05, 0.1) is 10.9 Å². The molecule has 0 saturated heterocycles. The molecule has 30 heavy (non-hydrogen) atoms. The fraction of sp³-hybridized carbons (Fsp3) is 0.0800. The molecular formula is C25H20N4O. The van der Waals surface area contributed by atoms with Crippen LogP contribution >= 0.6 is 0 Å². The van der Waals surface area contributed by atoms with Crippen LogP contribution in [0, 0.1) is 6.92 Å². The van der Waals surface area contributed by atoms with Crippen LogP contribution in [-0.4, -0.2) is 14.5 Å². The SMILES string of the molecule is Cc1cc2ccnc(NCc3ccnc4ccccc34)c2c(=O)n1-c1ccccc1. The first-order valence-electron chi connectivity index (χ1n) is 9.86. The van der Waals surface area contributed by atoms with Gasteiger partial charge in [0.1, 0.15) is 5.82 Å². The van der Waals surface area contributed by atoms with Gasteiger partial charge < -0.3 is 5.32 Å². The van der Waals surface area contributed by atoms with Crippen LogP contribution in [0.1, 0.15) is 11.3 Å². The van der Waals surface area contributed by atoms with Crippen LogP contribution in [0.15, 0.2) is 90.0 Å². The average molecular weight is 392 g/mol. The van der Waals surface area contributed by atoms with Crippen molar-refractivity contribution in [3.05, 3.63) is 107 Å². The highest BCUT2D eigenvalue weighted by Gasteiger charge is 2.13. The van der Waals surface area contributed by atoms with E-state index < -0.39 is 0 Å². The highest BCUT2D eigenvalue weighted by Crippen LogP contribution is 2.22. The number of benzene rings is 2. The smallest absolute Gasteiger partial charge is 0.266 e. The molecule has 2 aromatic carbocycles. The van der Waals surface area contributed by atoms with Gasteiger partial charge in [0.2, 0.25) is 0 Å². The summed E-state index contributed by atoms with van der Waals surface area (Å²) in [6, 6.07) is 23.6. The molecule has 5 rings (SSSR count). The molecule has 0 spiro atoms. The lowest BCUT2D eigenvalue weighted by Crippen LogP contribution is -2.22. The van der Waals surface area contributed by atoms with Crippen molar-refractivity contribution in [1.29, 1.82) is 0 Å². The van der Waals surface area contributed by atoms with Crippen molar-refractivity contribution >= 4 is 27.5 Å². The van der Waals surface area contributed by atoms with Gasteiger partial charge in [-0.15, -0.1) is 0 Å². The fourth-order valence-corrected chi connectivity index (χ4v) is 3.90. The van der Waals surface area contributed by atoms with Crippen molar-refractivity contribution < 1.29 is 0 Å². The summed E-state index contributed by atoms with van der Waals surface area (Å²) in [5, 5.41) is 5.94. The molecule has 146 valence electrons. The number of anilines is 1. The van der Waals surface area contributed by atoms with E-state index in [1.54, 1.807) is 10.8 Å². The van der Waals surface area contributed by atoms with Gasteiger partial charge in [0, 0.05) is 35.7 Å². The lowest BCUT2D eigenvalue weighted by molar-refractivity contribution is 0.948. The molecule has 3 aromatic heterocycles. The molecule has 5 heteroatoms. The van der Waals surface area contributed by atoms with Gasteiger partial charge in [-0.2, -0.15) is 0 Å². The third kappa shape index (κ3) is 3.10. The number of hydrogen-bond donors (Lipinski definition) is 1. The highest BCUT2D eigenvalue weighted by molar-refractivity contribution is 5.91. The largest absolute Gasteiger partial charge is 0.365 e. The predicted molar refractivity (Wildman–Crippen MR) is 121 cm³/mol. The Morgan fingerprint density at radius 3 is 2.53 bits per heavy atom. The summed E-state index contributed by atoms with van der Waals surface area (Å²) in [4.78, 5) is 22.4. The third-order valence-corrected chi connectivity index (χ3v) is 5.32. The van der Waals surface area contributed by atoms with Crippen LogP contribution in [0.4, 0.5) is 5.82 Å². The molecule has 0 saturated carbocycles. The van der Waals surface area contributed by atoms with Crippen molar-refractivity contribution in [1.82, 2.24) is 14.5 Å². The fourth-order valence-electron chi connectivity index (χ4n) is 3.90. The molecule has 0 amide bonds. The van der Waals surface area contributed by atoms with Crippen LogP contribution in [-0.2, 0) is 6.54 Å². The second kappa shape index (κ2) is 7.44. The molecule has 0 atom stereocenters. The molecule has 5 aromatic rings. The Hall–Kier alpha value is -3.99. The number of nitrogens with zero attached hydrogens (tertiary/aromatic N) is 3. The highest BCUT2D eigenvalue weighted by atomic mass is 16.1. The van der Waals surface area contributed by atoms with E-state index in [1.165, 1.54) is 0 Å². The first-order chi connectivity index (χ1) is 14.7. The second-order valence-corrected chi connectivity index (χ2v) is 7.23. The first kappa shape index (κ1) is 18.1. The van der Waals surface area contributed by atoms with E-state index in [2.05, 4.69) is 21.4 Å². The molecule has 0 aliphatic heterocycles. The van der Waals surface area contributed by atoms with Crippen LogP contribution in [0.25, 0.3) is 27.4 Å². The molecule has 3 heterocycles. The second-order valence-electron chi connectivity index (χ2n) is 7.23. The van der Waals surface area contributed by atoms with Gasteiger partial charge in [-0.05, 0) is 54.3 Å². The quantitative estimate of drug-likeness (QED) is 0.475. The summed E-state index contributed by atoms with van der Waals surface area (Å²) >= 11 is 0. The zero-order chi connectivity index (χ0) is 20.5. The number of aromatic nitrogens is 3. The standard InChI is InChI=1S/C25H20N4O/c1-17-15-18-11-14-27-24(23(18)25(30)29(17)20-7-3-2-4-8-20)28-16-19-12-13-26-22-10-6-5-9-21(19)22/h2-15H,16H2,1H3,(H,27,28). The van der Waals surface area contributed by atoms with Crippen LogP contribution < -0.4 is 10.9 Å². The summed E-state index contributed by atoms with van der Waals surface area (Å²) < 4.78 is 1.73. The summed E-state index contributed by atoms with van der Waals surface area (Å²) in [5.41, 5.74) is 3.71. The van der Waals surface area contributed by atoms with E-state index in [1.807, 2.05) is 79.9 Å².